The second-order valence-corrected chi connectivity index (χ2v) is 5.41. The molecule has 1 fully saturated rings. The van der Waals surface area contributed by atoms with Crippen LogP contribution in [0.2, 0.25) is 0 Å². The lowest BCUT2D eigenvalue weighted by Crippen LogP contribution is -2.16. The van der Waals surface area contributed by atoms with Gasteiger partial charge in [-0.05, 0) is 24.3 Å². The second kappa shape index (κ2) is 4.19. The lowest BCUT2D eigenvalue weighted by atomic mass is 10.1. The third-order valence-corrected chi connectivity index (χ3v) is 3.67. The van der Waals surface area contributed by atoms with Crippen molar-refractivity contribution < 1.29 is 9.90 Å². The molecular formula is C14H15N3O2. The maximum Gasteiger partial charge on any atom is 0.358 e. The number of fused-ring (bicyclic) bond motifs is 1. The number of hydrogen-bond donors (Lipinski definition) is 2. The molecule has 2 N–H and O–H groups in total. The van der Waals surface area contributed by atoms with Gasteiger partial charge in [0.25, 0.3) is 0 Å². The SMILES string of the molecule is CC1(CNc2c(C(=O)O)nnc3ccccc23)CC1. The van der Waals surface area contributed by atoms with Crippen LogP contribution >= 0.6 is 0 Å². The molecule has 0 spiro atoms. The van der Waals surface area contributed by atoms with Gasteiger partial charge in [0.2, 0.25) is 0 Å². The van der Waals surface area contributed by atoms with Crippen LogP contribution in [-0.4, -0.2) is 27.8 Å². The Morgan fingerprint density at radius 2 is 2.11 bits per heavy atom. The highest BCUT2D eigenvalue weighted by atomic mass is 16.4. The molecule has 5 nitrogen and oxygen atoms in total. The van der Waals surface area contributed by atoms with Gasteiger partial charge in [-0.2, -0.15) is 0 Å². The summed E-state index contributed by atoms with van der Waals surface area (Å²) in [6, 6.07) is 7.44. The topological polar surface area (TPSA) is 75.1 Å². The van der Waals surface area contributed by atoms with Gasteiger partial charge in [-0.25, -0.2) is 4.79 Å². The average Bonchev–Trinajstić information content (AvgIpc) is 3.14. The number of carboxylic acid groups (broad SMARTS) is 1. The predicted molar refractivity (Wildman–Crippen MR) is 72.3 cm³/mol. The van der Waals surface area contributed by atoms with Gasteiger partial charge in [0.15, 0.2) is 5.69 Å². The summed E-state index contributed by atoms with van der Waals surface area (Å²) >= 11 is 0. The van der Waals surface area contributed by atoms with Gasteiger partial charge >= 0.3 is 5.97 Å². The summed E-state index contributed by atoms with van der Waals surface area (Å²) in [5, 5.41) is 21.1. The molecule has 0 bridgehead atoms. The highest BCUT2D eigenvalue weighted by molar-refractivity contribution is 6.02. The van der Waals surface area contributed by atoms with E-state index in [0.717, 1.165) is 11.9 Å². The van der Waals surface area contributed by atoms with Crippen molar-refractivity contribution in [2.24, 2.45) is 5.41 Å². The summed E-state index contributed by atoms with van der Waals surface area (Å²) in [6.07, 6.45) is 2.36. The zero-order valence-electron chi connectivity index (χ0n) is 10.7. The van der Waals surface area contributed by atoms with Crippen molar-refractivity contribution in [3.63, 3.8) is 0 Å². The Morgan fingerprint density at radius 3 is 2.79 bits per heavy atom. The smallest absolute Gasteiger partial charge is 0.358 e. The molecule has 1 aliphatic carbocycles. The number of hydrogen-bond acceptors (Lipinski definition) is 4. The zero-order chi connectivity index (χ0) is 13.5. The molecule has 1 saturated carbocycles. The summed E-state index contributed by atoms with van der Waals surface area (Å²) in [5.41, 5.74) is 1.56. The molecular weight excluding hydrogens is 242 g/mol. The highest BCUT2D eigenvalue weighted by Crippen LogP contribution is 2.45. The number of benzene rings is 1. The molecule has 2 aromatic rings. The van der Waals surface area contributed by atoms with E-state index in [0.29, 0.717) is 16.6 Å². The minimum absolute atomic E-state index is 0.0112. The molecule has 0 atom stereocenters. The standard InChI is InChI=1S/C14H15N3O2/c1-14(6-7-14)8-15-11-9-4-2-3-5-10(9)16-17-12(11)13(18)19/h2-5H,6-8H2,1H3,(H,15,16)(H,18,19). The molecule has 5 heteroatoms. The molecule has 0 unspecified atom stereocenters. The molecule has 1 aliphatic rings. The summed E-state index contributed by atoms with van der Waals surface area (Å²) in [7, 11) is 0. The lowest BCUT2D eigenvalue weighted by Gasteiger charge is -2.14. The summed E-state index contributed by atoms with van der Waals surface area (Å²) in [6.45, 7) is 2.96. The van der Waals surface area contributed by atoms with E-state index >= 15 is 0 Å². The van der Waals surface area contributed by atoms with Crippen LogP contribution in [0.4, 0.5) is 5.69 Å². The molecule has 0 aliphatic heterocycles. The van der Waals surface area contributed by atoms with Crippen LogP contribution in [0.5, 0.6) is 0 Å². The summed E-state index contributed by atoms with van der Waals surface area (Å²) < 4.78 is 0. The number of nitrogens with one attached hydrogen (secondary N) is 1. The fourth-order valence-corrected chi connectivity index (χ4v) is 2.07. The molecule has 1 aromatic carbocycles. The molecule has 0 saturated heterocycles. The van der Waals surface area contributed by atoms with E-state index in [1.165, 1.54) is 12.8 Å². The zero-order valence-corrected chi connectivity index (χ0v) is 10.7. The normalized spacial score (nSPS) is 16.3. The third kappa shape index (κ3) is 2.23. The number of anilines is 1. The third-order valence-electron chi connectivity index (χ3n) is 3.67. The minimum Gasteiger partial charge on any atom is -0.476 e. The number of nitrogens with zero attached hydrogens (tertiary/aromatic N) is 2. The quantitative estimate of drug-likeness (QED) is 0.880. The number of carbonyl (C=O) groups is 1. The lowest BCUT2D eigenvalue weighted by molar-refractivity contribution is 0.0690. The van der Waals surface area contributed by atoms with Crippen molar-refractivity contribution in [2.75, 3.05) is 11.9 Å². The maximum atomic E-state index is 11.3. The van der Waals surface area contributed by atoms with Crippen molar-refractivity contribution in [2.45, 2.75) is 19.8 Å². The average molecular weight is 257 g/mol. The van der Waals surface area contributed by atoms with Crippen molar-refractivity contribution in [1.29, 1.82) is 0 Å². The van der Waals surface area contributed by atoms with Crippen LogP contribution in [0.1, 0.15) is 30.3 Å². The van der Waals surface area contributed by atoms with Crippen molar-refractivity contribution >= 4 is 22.6 Å². The first-order chi connectivity index (χ1) is 9.09. The Bertz CT molecular complexity index is 650. The number of carboxylic acids is 1. The molecule has 3 rings (SSSR count). The van der Waals surface area contributed by atoms with E-state index in [2.05, 4.69) is 22.4 Å². The van der Waals surface area contributed by atoms with Gasteiger partial charge in [-0.3, -0.25) is 0 Å². The van der Waals surface area contributed by atoms with E-state index < -0.39 is 5.97 Å². The summed E-state index contributed by atoms with van der Waals surface area (Å²) in [4.78, 5) is 11.3. The Morgan fingerprint density at radius 1 is 1.37 bits per heavy atom. The Kier molecular flexibility index (Phi) is 2.62. The van der Waals surface area contributed by atoms with Gasteiger partial charge in [0, 0.05) is 11.9 Å². The maximum absolute atomic E-state index is 11.3. The first-order valence-corrected chi connectivity index (χ1v) is 6.32. The van der Waals surface area contributed by atoms with Gasteiger partial charge in [-0.15, -0.1) is 10.2 Å². The van der Waals surface area contributed by atoms with E-state index in [1.807, 2.05) is 24.3 Å². The number of aromatic carboxylic acids is 1. The monoisotopic (exact) mass is 257 g/mol. The van der Waals surface area contributed by atoms with Gasteiger partial charge in [0.1, 0.15) is 0 Å². The van der Waals surface area contributed by atoms with Crippen molar-refractivity contribution in [3.05, 3.63) is 30.0 Å². The number of aromatic nitrogens is 2. The Balaban J connectivity index is 2.06. The summed E-state index contributed by atoms with van der Waals surface area (Å²) in [5.74, 6) is -1.05. The predicted octanol–water partition coefficient (Wildman–Crippen LogP) is 2.54. The van der Waals surface area contributed by atoms with Crippen LogP contribution in [0.15, 0.2) is 24.3 Å². The van der Waals surface area contributed by atoms with Gasteiger partial charge in [-0.1, -0.05) is 25.1 Å². The largest absolute Gasteiger partial charge is 0.476 e. The van der Waals surface area contributed by atoms with Crippen LogP contribution in [-0.2, 0) is 0 Å². The first kappa shape index (κ1) is 11.9. The van der Waals surface area contributed by atoms with Crippen molar-refractivity contribution in [3.8, 4) is 0 Å². The first-order valence-electron chi connectivity index (χ1n) is 6.32. The molecule has 19 heavy (non-hydrogen) atoms. The van der Waals surface area contributed by atoms with Crippen LogP contribution in [0, 0.1) is 5.41 Å². The molecule has 98 valence electrons. The molecule has 1 heterocycles. The second-order valence-electron chi connectivity index (χ2n) is 5.41. The Hall–Kier alpha value is -2.17. The Labute approximate surface area is 110 Å². The molecule has 1 aromatic heterocycles. The minimum atomic E-state index is -1.05. The van der Waals surface area contributed by atoms with E-state index in [9.17, 15) is 9.90 Å². The van der Waals surface area contributed by atoms with E-state index in [1.54, 1.807) is 0 Å². The fraction of sp³-hybridized carbons (Fsp3) is 0.357. The molecule has 0 radical (unpaired) electrons. The van der Waals surface area contributed by atoms with Crippen LogP contribution < -0.4 is 5.32 Å². The van der Waals surface area contributed by atoms with Crippen LogP contribution in [0.25, 0.3) is 10.9 Å². The number of rotatable bonds is 4. The fourth-order valence-electron chi connectivity index (χ4n) is 2.07. The van der Waals surface area contributed by atoms with E-state index in [4.69, 9.17) is 0 Å². The molecule has 0 amide bonds. The van der Waals surface area contributed by atoms with Gasteiger partial charge in [0.05, 0.1) is 11.2 Å². The van der Waals surface area contributed by atoms with Crippen molar-refractivity contribution in [1.82, 2.24) is 10.2 Å². The van der Waals surface area contributed by atoms with E-state index in [-0.39, 0.29) is 5.69 Å². The van der Waals surface area contributed by atoms with Gasteiger partial charge < -0.3 is 10.4 Å². The van der Waals surface area contributed by atoms with Crippen LogP contribution in [0.3, 0.4) is 0 Å². The highest BCUT2D eigenvalue weighted by Gasteiger charge is 2.37.